The SMILES string of the molecule is COC(=O)C1=C(C)NC(C)=C(C(C)=O)C1C. The van der Waals surface area contributed by atoms with Crippen molar-refractivity contribution in [2.45, 2.75) is 27.7 Å². The number of carbonyl (C=O) groups is 2. The molecule has 0 saturated heterocycles. The highest BCUT2D eigenvalue weighted by Gasteiger charge is 2.30. The minimum Gasteiger partial charge on any atom is -0.466 e. The van der Waals surface area contributed by atoms with Gasteiger partial charge in [0.2, 0.25) is 0 Å². The molecule has 0 fully saturated rings. The fraction of sp³-hybridized carbons (Fsp3) is 0.500. The number of hydrogen-bond donors (Lipinski definition) is 1. The van der Waals surface area contributed by atoms with Gasteiger partial charge in [0.1, 0.15) is 0 Å². The molecule has 1 aliphatic rings. The zero-order valence-electron chi connectivity index (χ0n) is 10.3. The third-order valence-electron chi connectivity index (χ3n) is 2.83. The van der Waals surface area contributed by atoms with Crippen molar-refractivity contribution < 1.29 is 14.3 Å². The summed E-state index contributed by atoms with van der Waals surface area (Å²) in [5.74, 6) is -0.624. The highest BCUT2D eigenvalue weighted by molar-refractivity contribution is 5.99. The maximum atomic E-state index is 11.6. The van der Waals surface area contributed by atoms with Crippen LogP contribution in [0.25, 0.3) is 0 Å². The second-order valence-corrected chi connectivity index (χ2v) is 3.97. The number of methoxy groups -OCH3 is 1. The maximum absolute atomic E-state index is 11.6. The summed E-state index contributed by atoms with van der Waals surface area (Å²) in [7, 11) is 1.34. The van der Waals surface area contributed by atoms with E-state index in [9.17, 15) is 9.59 Å². The summed E-state index contributed by atoms with van der Waals surface area (Å²) in [6.07, 6.45) is 0. The van der Waals surface area contributed by atoms with E-state index in [2.05, 4.69) is 5.32 Å². The first-order chi connectivity index (χ1) is 7.40. The molecule has 1 rings (SSSR count). The lowest BCUT2D eigenvalue weighted by molar-refractivity contribution is -0.136. The number of ether oxygens (including phenoxy) is 1. The van der Waals surface area contributed by atoms with Crippen molar-refractivity contribution in [3.8, 4) is 0 Å². The number of Topliss-reactive ketones (excluding diaryl/α,β-unsaturated/α-hetero) is 1. The summed E-state index contributed by atoms with van der Waals surface area (Å²) in [5, 5.41) is 3.04. The van der Waals surface area contributed by atoms with Crippen LogP contribution in [0.5, 0.6) is 0 Å². The maximum Gasteiger partial charge on any atom is 0.336 e. The Morgan fingerprint density at radius 3 is 2.12 bits per heavy atom. The van der Waals surface area contributed by atoms with E-state index in [0.717, 1.165) is 11.4 Å². The van der Waals surface area contributed by atoms with Gasteiger partial charge in [-0.3, -0.25) is 4.79 Å². The highest BCUT2D eigenvalue weighted by atomic mass is 16.5. The van der Waals surface area contributed by atoms with Gasteiger partial charge in [-0.2, -0.15) is 0 Å². The monoisotopic (exact) mass is 223 g/mol. The molecule has 88 valence electrons. The van der Waals surface area contributed by atoms with Crippen LogP contribution in [0, 0.1) is 5.92 Å². The number of rotatable bonds is 2. The largest absolute Gasteiger partial charge is 0.466 e. The molecule has 1 aliphatic heterocycles. The summed E-state index contributed by atoms with van der Waals surface area (Å²) in [5.41, 5.74) is 2.73. The molecule has 0 spiro atoms. The summed E-state index contributed by atoms with van der Waals surface area (Å²) in [6, 6.07) is 0. The second-order valence-electron chi connectivity index (χ2n) is 3.97. The topological polar surface area (TPSA) is 55.4 Å². The smallest absolute Gasteiger partial charge is 0.336 e. The number of esters is 1. The Balaban J connectivity index is 3.19. The van der Waals surface area contributed by atoms with E-state index in [0.29, 0.717) is 11.1 Å². The van der Waals surface area contributed by atoms with Crippen molar-refractivity contribution in [1.29, 1.82) is 0 Å². The van der Waals surface area contributed by atoms with Gasteiger partial charge in [0.25, 0.3) is 0 Å². The molecule has 1 heterocycles. The van der Waals surface area contributed by atoms with Gasteiger partial charge < -0.3 is 10.1 Å². The van der Waals surface area contributed by atoms with E-state index in [4.69, 9.17) is 4.74 Å². The predicted molar refractivity (Wildman–Crippen MR) is 60.4 cm³/mol. The quantitative estimate of drug-likeness (QED) is 0.721. The Bertz CT molecular complexity index is 404. The number of ketones is 1. The van der Waals surface area contributed by atoms with Crippen LogP contribution in [0.2, 0.25) is 0 Å². The second kappa shape index (κ2) is 4.51. The lowest BCUT2D eigenvalue weighted by Crippen LogP contribution is -2.30. The number of allylic oxidation sites excluding steroid dienone is 3. The normalized spacial score (nSPS) is 20.7. The van der Waals surface area contributed by atoms with Gasteiger partial charge >= 0.3 is 5.97 Å². The van der Waals surface area contributed by atoms with Crippen molar-refractivity contribution in [3.63, 3.8) is 0 Å². The minimum atomic E-state index is -0.385. The Kier molecular flexibility index (Phi) is 3.52. The van der Waals surface area contributed by atoms with E-state index >= 15 is 0 Å². The fourth-order valence-electron chi connectivity index (χ4n) is 2.22. The van der Waals surface area contributed by atoms with Crippen LogP contribution in [0.4, 0.5) is 0 Å². The van der Waals surface area contributed by atoms with Gasteiger partial charge in [-0.1, -0.05) is 6.92 Å². The van der Waals surface area contributed by atoms with Gasteiger partial charge in [0.05, 0.1) is 12.7 Å². The fourth-order valence-corrected chi connectivity index (χ4v) is 2.22. The number of dihydropyridines is 1. The van der Waals surface area contributed by atoms with Crippen LogP contribution in [-0.4, -0.2) is 18.9 Å². The molecule has 1 unspecified atom stereocenters. The first-order valence-electron chi connectivity index (χ1n) is 5.18. The van der Waals surface area contributed by atoms with E-state index in [-0.39, 0.29) is 17.7 Å². The number of nitrogens with one attached hydrogen (secondary N) is 1. The molecular formula is C12H17NO3. The molecule has 0 aromatic carbocycles. The van der Waals surface area contributed by atoms with Gasteiger partial charge in [-0.05, 0) is 20.8 Å². The number of carbonyl (C=O) groups excluding carboxylic acids is 2. The lowest BCUT2D eigenvalue weighted by atomic mass is 9.85. The molecule has 0 saturated carbocycles. The molecular weight excluding hydrogens is 206 g/mol. The molecule has 0 bridgehead atoms. The third kappa shape index (κ3) is 2.01. The molecule has 0 radical (unpaired) electrons. The van der Waals surface area contributed by atoms with Crippen molar-refractivity contribution in [3.05, 3.63) is 22.5 Å². The summed E-state index contributed by atoms with van der Waals surface area (Å²) in [4.78, 5) is 23.1. The van der Waals surface area contributed by atoms with Gasteiger partial charge in [-0.25, -0.2) is 4.79 Å². The van der Waals surface area contributed by atoms with E-state index in [1.54, 1.807) is 0 Å². The molecule has 1 N–H and O–H groups in total. The Labute approximate surface area is 95.4 Å². The van der Waals surface area contributed by atoms with Crippen LogP contribution in [-0.2, 0) is 14.3 Å². The molecule has 4 nitrogen and oxygen atoms in total. The molecule has 1 atom stereocenters. The summed E-state index contributed by atoms with van der Waals surface area (Å²) < 4.78 is 4.72. The predicted octanol–water partition coefficient (Wildman–Crippen LogP) is 1.54. The molecule has 0 aromatic heterocycles. The van der Waals surface area contributed by atoms with Crippen LogP contribution in [0.3, 0.4) is 0 Å². The average Bonchev–Trinajstić information content (AvgIpc) is 2.15. The van der Waals surface area contributed by atoms with Crippen LogP contribution >= 0.6 is 0 Å². The molecule has 0 amide bonds. The Morgan fingerprint density at radius 2 is 1.69 bits per heavy atom. The molecule has 16 heavy (non-hydrogen) atoms. The van der Waals surface area contributed by atoms with Crippen LogP contribution < -0.4 is 5.32 Å². The minimum absolute atomic E-state index is 0.0218. The van der Waals surface area contributed by atoms with E-state index in [1.807, 2.05) is 20.8 Å². The van der Waals surface area contributed by atoms with Gasteiger partial charge in [0, 0.05) is 22.9 Å². The standard InChI is InChI=1S/C12H17NO3/c1-6-10(9(4)14)7(2)13-8(3)11(6)12(15)16-5/h6,13H,1-5H3. The Hall–Kier alpha value is -1.58. The van der Waals surface area contributed by atoms with Gasteiger partial charge in [0.15, 0.2) is 5.78 Å². The Morgan fingerprint density at radius 1 is 1.19 bits per heavy atom. The van der Waals surface area contributed by atoms with Crippen molar-refractivity contribution in [2.75, 3.05) is 7.11 Å². The van der Waals surface area contributed by atoms with Gasteiger partial charge in [-0.15, -0.1) is 0 Å². The zero-order chi connectivity index (χ0) is 12.5. The van der Waals surface area contributed by atoms with Crippen LogP contribution in [0.1, 0.15) is 27.7 Å². The lowest BCUT2D eigenvalue weighted by Gasteiger charge is -2.27. The first-order valence-corrected chi connectivity index (χ1v) is 5.18. The first kappa shape index (κ1) is 12.5. The molecule has 0 aliphatic carbocycles. The van der Waals surface area contributed by atoms with Crippen molar-refractivity contribution in [1.82, 2.24) is 5.32 Å². The van der Waals surface area contributed by atoms with E-state index < -0.39 is 0 Å². The zero-order valence-corrected chi connectivity index (χ0v) is 10.3. The summed E-state index contributed by atoms with van der Waals surface area (Å²) in [6.45, 7) is 7.00. The molecule has 0 aromatic rings. The third-order valence-corrected chi connectivity index (χ3v) is 2.83. The van der Waals surface area contributed by atoms with Crippen molar-refractivity contribution in [2.24, 2.45) is 5.92 Å². The summed E-state index contributed by atoms with van der Waals surface area (Å²) >= 11 is 0. The highest BCUT2D eigenvalue weighted by Crippen LogP contribution is 2.30. The average molecular weight is 223 g/mol. The molecule has 4 heteroatoms. The number of hydrogen-bond acceptors (Lipinski definition) is 4. The van der Waals surface area contributed by atoms with E-state index in [1.165, 1.54) is 14.0 Å². The van der Waals surface area contributed by atoms with Crippen molar-refractivity contribution >= 4 is 11.8 Å². The van der Waals surface area contributed by atoms with Crippen LogP contribution in [0.15, 0.2) is 22.5 Å².